The van der Waals surface area contributed by atoms with E-state index in [-0.39, 0.29) is 0 Å². The number of aromatic nitrogens is 1. The molecule has 2 nitrogen and oxygen atoms in total. The van der Waals surface area contributed by atoms with Gasteiger partial charge < -0.3 is 5.73 Å². The number of nitrogen functional groups attached to an aromatic ring is 1. The molecule has 0 bridgehead atoms. The van der Waals surface area contributed by atoms with Gasteiger partial charge in [-0.15, -0.1) is 0 Å². The van der Waals surface area contributed by atoms with Crippen LogP contribution >= 0.6 is 0 Å². The minimum absolute atomic E-state index is 0.495. The van der Waals surface area contributed by atoms with Gasteiger partial charge in [0.15, 0.2) is 0 Å². The zero-order chi connectivity index (χ0) is 10.5. The van der Waals surface area contributed by atoms with Gasteiger partial charge in [0.1, 0.15) is 11.5 Å². The third kappa shape index (κ3) is 2.58. The first-order valence-electron chi connectivity index (χ1n) is 4.64. The second kappa shape index (κ2) is 4.30. The molecule has 0 radical (unpaired) electrons. The Morgan fingerprint density at radius 1 is 0.867 bits per heavy atom. The van der Waals surface area contributed by atoms with E-state index in [1.165, 1.54) is 0 Å². The lowest BCUT2D eigenvalue weighted by atomic mass is 10.2. The van der Waals surface area contributed by atoms with Crippen LogP contribution in [0.4, 0.5) is 5.82 Å². The monoisotopic (exact) mass is 194 g/mol. The largest absolute Gasteiger partial charge is 0.384 e. The van der Waals surface area contributed by atoms with Crippen molar-refractivity contribution in [2.24, 2.45) is 0 Å². The highest BCUT2D eigenvalue weighted by Gasteiger charge is 1.88. The van der Waals surface area contributed by atoms with Crippen molar-refractivity contribution >= 4 is 5.82 Å². The summed E-state index contributed by atoms with van der Waals surface area (Å²) in [6.07, 6.45) is 0. The van der Waals surface area contributed by atoms with E-state index in [0.717, 1.165) is 5.56 Å². The number of rotatable bonds is 0. The van der Waals surface area contributed by atoms with E-state index in [0.29, 0.717) is 11.5 Å². The summed E-state index contributed by atoms with van der Waals surface area (Å²) >= 11 is 0. The second-order valence-electron chi connectivity index (χ2n) is 3.06. The Balaban J connectivity index is 2.26. The zero-order valence-corrected chi connectivity index (χ0v) is 8.14. The number of anilines is 1. The van der Waals surface area contributed by atoms with Crippen molar-refractivity contribution in [3.63, 3.8) is 0 Å². The van der Waals surface area contributed by atoms with Crippen molar-refractivity contribution in [3.8, 4) is 11.8 Å². The van der Waals surface area contributed by atoms with Crippen LogP contribution in [0.1, 0.15) is 11.3 Å². The molecule has 2 N–H and O–H groups in total. The molecule has 0 atom stereocenters. The van der Waals surface area contributed by atoms with Crippen LogP contribution in [-0.4, -0.2) is 4.98 Å². The maximum atomic E-state index is 5.55. The van der Waals surface area contributed by atoms with Crippen LogP contribution in [0, 0.1) is 11.8 Å². The van der Waals surface area contributed by atoms with Gasteiger partial charge in [0.2, 0.25) is 0 Å². The third-order valence-corrected chi connectivity index (χ3v) is 1.88. The lowest BCUT2D eigenvalue weighted by Crippen LogP contribution is -1.90. The molecule has 2 aromatic rings. The highest BCUT2D eigenvalue weighted by molar-refractivity contribution is 5.42. The molecule has 0 aliphatic heterocycles. The average Bonchev–Trinajstić information content (AvgIpc) is 2.28. The molecule has 0 aliphatic carbocycles. The summed E-state index contributed by atoms with van der Waals surface area (Å²) in [6, 6.07) is 15.2. The molecule has 0 saturated heterocycles. The van der Waals surface area contributed by atoms with Gasteiger partial charge in [0.05, 0.1) is 0 Å². The Bertz CT molecular complexity index is 507. The van der Waals surface area contributed by atoms with Crippen LogP contribution in [0.15, 0.2) is 48.5 Å². The molecule has 1 aromatic carbocycles. The topological polar surface area (TPSA) is 38.9 Å². The van der Waals surface area contributed by atoms with E-state index in [9.17, 15) is 0 Å². The number of hydrogen-bond acceptors (Lipinski definition) is 2. The van der Waals surface area contributed by atoms with Gasteiger partial charge in [-0.05, 0) is 30.2 Å². The molecule has 15 heavy (non-hydrogen) atoms. The Hall–Kier alpha value is -2.27. The molecule has 72 valence electrons. The molecular formula is C13H10N2. The number of nitrogens with zero attached hydrogens (tertiary/aromatic N) is 1. The van der Waals surface area contributed by atoms with E-state index >= 15 is 0 Å². The molecule has 1 heterocycles. The van der Waals surface area contributed by atoms with E-state index in [4.69, 9.17) is 5.73 Å². The fourth-order valence-corrected chi connectivity index (χ4v) is 1.18. The Morgan fingerprint density at radius 3 is 2.40 bits per heavy atom. The predicted molar refractivity (Wildman–Crippen MR) is 61.1 cm³/mol. The first-order chi connectivity index (χ1) is 7.34. The van der Waals surface area contributed by atoms with E-state index in [1.807, 2.05) is 42.5 Å². The van der Waals surface area contributed by atoms with Crippen molar-refractivity contribution in [1.29, 1.82) is 0 Å². The van der Waals surface area contributed by atoms with E-state index in [2.05, 4.69) is 16.8 Å². The normalized spacial score (nSPS) is 9.07. The van der Waals surface area contributed by atoms with Crippen molar-refractivity contribution in [2.45, 2.75) is 0 Å². The lowest BCUT2D eigenvalue weighted by Gasteiger charge is -1.91. The molecule has 2 heteroatoms. The minimum Gasteiger partial charge on any atom is -0.384 e. The summed E-state index contributed by atoms with van der Waals surface area (Å²) in [5.41, 5.74) is 7.22. The van der Waals surface area contributed by atoms with Crippen LogP contribution in [-0.2, 0) is 0 Å². The number of nitrogens with two attached hydrogens (primary N) is 1. The van der Waals surface area contributed by atoms with Gasteiger partial charge in [-0.25, -0.2) is 4.98 Å². The quantitative estimate of drug-likeness (QED) is 0.652. The first kappa shape index (κ1) is 9.29. The maximum Gasteiger partial charge on any atom is 0.124 e. The minimum atomic E-state index is 0.495. The average molecular weight is 194 g/mol. The van der Waals surface area contributed by atoms with E-state index in [1.54, 1.807) is 6.07 Å². The van der Waals surface area contributed by atoms with Crippen molar-refractivity contribution in [2.75, 3.05) is 5.73 Å². The Kier molecular flexibility index (Phi) is 2.66. The summed E-state index contributed by atoms with van der Waals surface area (Å²) in [5, 5.41) is 0. The van der Waals surface area contributed by atoms with Gasteiger partial charge in [0, 0.05) is 5.56 Å². The van der Waals surface area contributed by atoms with Crippen LogP contribution < -0.4 is 5.73 Å². The molecule has 0 spiro atoms. The van der Waals surface area contributed by atoms with Gasteiger partial charge in [-0.2, -0.15) is 0 Å². The summed E-state index contributed by atoms with van der Waals surface area (Å²) in [6.45, 7) is 0. The maximum absolute atomic E-state index is 5.55. The van der Waals surface area contributed by atoms with Crippen LogP contribution in [0.2, 0.25) is 0 Å². The summed E-state index contributed by atoms with van der Waals surface area (Å²) in [5.74, 6) is 6.48. The van der Waals surface area contributed by atoms with Crippen LogP contribution in [0.5, 0.6) is 0 Å². The van der Waals surface area contributed by atoms with Crippen molar-refractivity contribution in [3.05, 3.63) is 59.8 Å². The van der Waals surface area contributed by atoms with Crippen LogP contribution in [0.3, 0.4) is 0 Å². The summed E-state index contributed by atoms with van der Waals surface area (Å²) in [4.78, 5) is 4.09. The molecular weight excluding hydrogens is 184 g/mol. The van der Waals surface area contributed by atoms with Crippen molar-refractivity contribution in [1.82, 2.24) is 4.98 Å². The van der Waals surface area contributed by atoms with Crippen LogP contribution in [0.25, 0.3) is 0 Å². The molecule has 2 rings (SSSR count). The molecule has 0 unspecified atom stereocenters. The SMILES string of the molecule is Nc1cccc(C#Cc2ccccc2)n1. The van der Waals surface area contributed by atoms with Gasteiger partial charge in [0.25, 0.3) is 0 Å². The van der Waals surface area contributed by atoms with Gasteiger partial charge in [-0.3, -0.25) is 0 Å². The highest BCUT2D eigenvalue weighted by Crippen LogP contribution is 2.00. The first-order valence-corrected chi connectivity index (χ1v) is 4.64. The van der Waals surface area contributed by atoms with Crippen molar-refractivity contribution < 1.29 is 0 Å². The number of hydrogen-bond donors (Lipinski definition) is 1. The molecule has 0 aliphatic rings. The summed E-state index contributed by atoms with van der Waals surface area (Å²) in [7, 11) is 0. The summed E-state index contributed by atoms with van der Waals surface area (Å²) < 4.78 is 0. The predicted octanol–water partition coefficient (Wildman–Crippen LogP) is 2.06. The van der Waals surface area contributed by atoms with Gasteiger partial charge in [-0.1, -0.05) is 30.2 Å². The second-order valence-corrected chi connectivity index (χ2v) is 3.06. The molecule has 0 saturated carbocycles. The van der Waals surface area contributed by atoms with Gasteiger partial charge >= 0.3 is 0 Å². The Morgan fingerprint density at radius 2 is 1.67 bits per heavy atom. The smallest absolute Gasteiger partial charge is 0.124 e. The molecule has 1 aromatic heterocycles. The highest BCUT2D eigenvalue weighted by atomic mass is 14.8. The number of pyridine rings is 1. The fourth-order valence-electron chi connectivity index (χ4n) is 1.18. The molecule has 0 fully saturated rings. The lowest BCUT2D eigenvalue weighted by molar-refractivity contribution is 1.30. The fraction of sp³-hybridized carbons (Fsp3) is 0. The van der Waals surface area contributed by atoms with E-state index < -0.39 is 0 Å². The Labute approximate surface area is 88.8 Å². The zero-order valence-electron chi connectivity index (χ0n) is 8.14. The standard InChI is InChI=1S/C13H10N2/c14-13-8-4-7-12(15-13)10-9-11-5-2-1-3-6-11/h1-8H,(H2,14,15). The number of benzene rings is 1. The molecule has 0 amide bonds. The third-order valence-electron chi connectivity index (χ3n) is 1.88.